The van der Waals surface area contributed by atoms with Crippen LogP contribution in [0.5, 0.6) is 5.75 Å². The van der Waals surface area contributed by atoms with Gasteiger partial charge in [-0.15, -0.1) is 0 Å². The van der Waals surface area contributed by atoms with Crippen molar-refractivity contribution in [2.45, 2.75) is 20.1 Å². The monoisotopic (exact) mass is 269 g/mol. The topological polar surface area (TPSA) is 60.2 Å². The van der Waals surface area contributed by atoms with Gasteiger partial charge in [0.05, 0.1) is 6.54 Å². The largest absolute Gasteiger partial charge is 0.435 e. The van der Waals surface area contributed by atoms with Gasteiger partial charge >= 0.3 is 6.61 Å². The lowest BCUT2D eigenvalue weighted by Crippen LogP contribution is -2.12. The van der Waals surface area contributed by atoms with Crippen LogP contribution in [0.25, 0.3) is 11.5 Å². The number of hydrogen-bond acceptors (Lipinski definition) is 5. The van der Waals surface area contributed by atoms with Crippen LogP contribution in [0.3, 0.4) is 0 Å². The molecule has 0 amide bonds. The van der Waals surface area contributed by atoms with Crippen molar-refractivity contribution in [3.63, 3.8) is 0 Å². The van der Waals surface area contributed by atoms with Crippen LogP contribution >= 0.6 is 0 Å². The molecule has 0 radical (unpaired) electrons. The Balaban J connectivity index is 2.07. The Morgan fingerprint density at radius 3 is 2.68 bits per heavy atom. The normalized spacial score (nSPS) is 10.9. The van der Waals surface area contributed by atoms with Crippen molar-refractivity contribution in [1.82, 2.24) is 15.5 Å². The summed E-state index contributed by atoms with van der Waals surface area (Å²) in [5.41, 5.74) is 0.650. The van der Waals surface area contributed by atoms with E-state index in [4.69, 9.17) is 4.52 Å². The minimum Gasteiger partial charge on any atom is -0.435 e. The number of halogens is 2. The van der Waals surface area contributed by atoms with E-state index < -0.39 is 6.61 Å². The molecule has 19 heavy (non-hydrogen) atoms. The molecule has 0 aliphatic carbocycles. The van der Waals surface area contributed by atoms with E-state index in [2.05, 4.69) is 20.2 Å². The summed E-state index contributed by atoms with van der Waals surface area (Å²) in [4.78, 5) is 4.18. The maximum atomic E-state index is 12.0. The maximum Gasteiger partial charge on any atom is 0.387 e. The maximum absolute atomic E-state index is 12.0. The smallest absolute Gasteiger partial charge is 0.387 e. The van der Waals surface area contributed by atoms with Crippen LogP contribution in [0, 0.1) is 0 Å². The molecule has 1 aromatic heterocycles. The van der Waals surface area contributed by atoms with Crippen LogP contribution < -0.4 is 10.1 Å². The predicted molar refractivity (Wildman–Crippen MR) is 63.7 cm³/mol. The molecule has 0 saturated heterocycles. The van der Waals surface area contributed by atoms with Gasteiger partial charge in [0.25, 0.3) is 5.89 Å². The van der Waals surface area contributed by atoms with Crippen LogP contribution in [0.4, 0.5) is 8.78 Å². The van der Waals surface area contributed by atoms with E-state index in [1.807, 2.05) is 6.92 Å². The van der Waals surface area contributed by atoms with Gasteiger partial charge in [-0.3, -0.25) is 0 Å². The predicted octanol–water partition coefficient (Wildman–Crippen LogP) is 2.45. The fraction of sp³-hybridized carbons (Fsp3) is 0.333. The highest BCUT2D eigenvalue weighted by Crippen LogP contribution is 2.21. The average Bonchev–Trinajstić information content (AvgIpc) is 2.85. The second kappa shape index (κ2) is 6.24. The summed E-state index contributed by atoms with van der Waals surface area (Å²) >= 11 is 0. The SMILES string of the molecule is CCNCc1noc(-c2ccc(OC(F)F)cc2)n1. The van der Waals surface area contributed by atoms with Crippen molar-refractivity contribution in [2.24, 2.45) is 0 Å². The lowest BCUT2D eigenvalue weighted by Gasteiger charge is -2.03. The van der Waals surface area contributed by atoms with Crippen LogP contribution in [-0.4, -0.2) is 23.3 Å². The lowest BCUT2D eigenvalue weighted by atomic mass is 10.2. The molecule has 0 aliphatic rings. The first-order valence-corrected chi connectivity index (χ1v) is 5.77. The van der Waals surface area contributed by atoms with Crippen molar-refractivity contribution in [3.05, 3.63) is 30.1 Å². The van der Waals surface area contributed by atoms with Gasteiger partial charge in [-0.25, -0.2) is 0 Å². The van der Waals surface area contributed by atoms with Crippen molar-refractivity contribution < 1.29 is 18.0 Å². The number of aromatic nitrogens is 2. The first-order valence-electron chi connectivity index (χ1n) is 5.77. The van der Waals surface area contributed by atoms with E-state index in [0.29, 0.717) is 23.8 Å². The summed E-state index contributed by atoms with van der Waals surface area (Å²) in [5, 5.41) is 6.87. The molecule has 0 saturated carbocycles. The third-order valence-electron chi connectivity index (χ3n) is 2.33. The molecule has 0 bridgehead atoms. The second-order valence-electron chi connectivity index (χ2n) is 3.70. The number of hydrogen-bond donors (Lipinski definition) is 1. The molecule has 0 unspecified atom stereocenters. The average molecular weight is 269 g/mol. The summed E-state index contributed by atoms with van der Waals surface area (Å²) < 4.78 is 33.3. The molecule has 0 atom stereocenters. The van der Waals surface area contributed by atoms with Gasteiger partial charge in [-0.2, -0.15) is 13.8 Å². The molecule has 0 fully saturated rings. The van der Waals surface area contributed by atoms with E-state index in [0.717, 1.165) is 6.54 Å². The number of nitrogens with zero attached hydrogens (tertiary/aromatic N) is 2. The quantitative estimate of drug-likeness (QED) is 0.872. The van der Waals surface area contributed by atoms with Gasteiger partial charge in [-0.1, -0.05) is 12.1 Å². The van der Waals surface area contributed by atoms with Crippen molar-refractivity contribution in [3.8, 4) is 17.2 Å². The van der Waals surface area contributed by atoms with Gasteiger partial charge in [0.2, 0.25) is 0 Å². The molecule has 0 spiro atoms. The Hall–Kier alpha value is -2.02. The summed E-state index contributed by atoms with van der Waals surface area (Å²) in [6.45, 7) is 0.472. The first kappa shape index (κ1) is 13.4. The zero-order valence-electron chi connectivity index (χ0n) is 10.3. The highest BCUT2D eigenvalue weighted by Gasteiger charge is 2.09. The van der Waals surface area contributed by atoms with E-state index in [1.165, 1.54) is 12.1 Å². The summed E-state index contributed by atoms with van der Waals surface area (Å²) in [5.74, 6) is 0.979. The Kier molecular flexibility index (Phi) is 4.40. The van der Waals surface area contributed by atoms with E-state index in [-0.39, 0.29) is 5.75 Å². The second-order valence-corrected chi connectivity index (χ2v) is 3.70. The molecule has 2 aromatic rings. The number of rotatable bonds is 6. The minimum absolute atomic E-state index is 0.0890. The fourth-order valence-corrected chi connectivity index (χ4v) is 1.46. The summed E-state index contributed by atoms with van der Waals surface area (Å²) in [6.07, 6.45) is 0. The number of ether oxygens (including phenoxy) is 1. The van der Waals surface area contributed by atoms with Crippen LogP contribution in [-0.2, 0) is 6.54 Å². The molecular formula is C12H13F2N3O2. The molecule has 1 N–H and O–H groups in total. The van der Waals surface area contributed by atoms with Crippen LogP contribution in [0.1, 0.15) is 12.7 Å². The molecule has 2 rings (SSSR count). The van der Waals surface area contributed by atoms with Crippen LogP contribution in [0.15, 0.2) is 28.8 Å². The zero-order chi connectivity index (χ0) is 13.7. The van der Waals surface area contributed by atoms with Gasteiger partial charge in [-0.05, 0) is 30.8 Å². The van der Waals surface area contributed by atoms with Gasteiger partial charge < -0.3 is 14.6 Å². The number of nitrogens with one attached hydrogen (secondary N) is 1. The highest BCUT2D eigenvalue weighted by molar-refractivity contribution is 5.54. The van der Waals surface area contributed by atoms with Crippen molar-refractivity contribution in [2.75, 3.05) is 6.54 Å². The summed E-state index contributed by atoms with van der Waals surface area (Å²) in [6, 6.07) is 6.02. The van der Waals surface area contributed by atoms with Gasteiger partial charge in [0.1, 0.15) is 5.75 Å². The molecule has 1 aromatic carbocycles. The third kappa shape index (κ3) is 3.72. The van der Waals surface area contributed by atoms with Gasteiger partial charge in [0.15, 0.2) is 5.82 Å². The summed E-state index contributed by atoms with van der Waals surface area (Å²) in [7, 11) is 0. The Bertz CT molecular complexity index is 514. The number of benzene rings is 1. The van der Waals surface area contributed by atoms with E-state index >= 15 is 0 Å². The van der Waals surface area contributed by atoms with Crippen LogP contribution in [0.2, 0.25) is 0 Å². The lowest BCUT2D eigenvalue weighted by molar-refractivity contribution is -0.0498. The Labute approximate surface area is 108 Å². The molecular weight excluding hydrogens is 256 g/mol. The Morgan fingerprint density at radius 2 is 2.05 bits per heavy atom. The molecule has 102 valence electrons. The first-order chi connectivity index (χ1) is 9.19. The standard InChI is InChI=1S/C12H13F2N3O2/c1-2-15-7-10-16-11(19-17-10)8-3-5-9(6-4-8)18-12(13)14/h3-6,12,15H,2,7H2,1H3. The minimum atomic E-state index is -2.83. The Morgan fingerprint density at radius 1 is 1.32 bits per heavy atom. The van der Waals surface area contributed by atoms with E-state index in [9.17, 15) is 8.78 Å². The molecule has 0 aliphatic heterocycles. The van der Waals surface area contributed by atoms with Crippen molar-refractivity contribution in [1.29, 1.82) is 0 Å². The van der Waals surface area contributed by atoms with Crippen molar-refractivity contribution >= 4 is 0 Å². The third-order valence-corrected chi connectivity index (χ3v) is 2.33. The van der Waals surface area contributed by atoms with Gasteiger partial charge in [0, 0.05) is 5.56 Å². The highest BCUT2D eigenvalue weighted by atomic mass is 19.3. The zero-order valence-corrected chi connectivity index (χ0v) is 10.3. The van der Waals surface area contributed by atoms with E-state index in [1.54, 1.807) is 12.1 Å². The molecule has 7 heteroatoms. The molecule has 5 nitrogen and oxygen atoms in total. The fourth-order valence-electron chi connectivity index (χ4n) is 1.46. The molecule has 1 heterocycles. The number of alkyl halides is 2.